The number of nitrogens with one attached hydrogen (secondary N) is 1. The Morgan fingerprint density at radius 3 is 2.31 bits per heavy atom. The summed E-state index contributed by atoms with van der Waals surface area (Å²) in [6, 6.07) is 17.0. The van der Waals surface area contributed by atoms with Crippen molar-refractivity contribution in [3.05, 3.63) is 113 Å². The van der Waals surface area contributed by atoms with E-state index in [1.165, 1.54) is 36.7 Å². The predicted octanol–water partition coefficient (Wildman–Crippen LogP) is 4.89. The van der Waals surface area contributed by atoms with Crippen molar-refractivity contribution >= 4 is 39.6 Å². The Labute approximate surface area is 204 Å². The number of anilines is 2. The maximum Gasteiger partial charge on any atom is 0.267 e. The number of aromatic nitrogens is 2. The molecule has 36 heavy (non-hydrogen) atoms. The number of nitrogens with zero attached hydrogens (tertiary/aromatic N) is 3. The second-order valence-corrected chi connectivity index (χ2v) is 8.98. The molecule has 0 unspecified atom stereocenters. The van der Waals surface area contributed by atoms with Crippen LogP contribution in [-0.2, 0) is 10.0 Å². The third-order valence-corrected chi connectivity index (χ3v) is 6.26. The van der Waals surface area contributed by atoms with Crippen LogP contribution < -0.4 is 10.5 Å². The molecule has 0 aliphatic rings. The van der Waals surface area contributed by atoms with Gasteiger partial charge in [0.2, 0.25) is 5.95 Å². The van der Waals surface area contributed by atoms with Crippen molar-refractivity contribution < 1.29 is 21.6 Å². The smallest absolute Gasteiger partial charge is 0.267 e. The number of rotatable bonds is 7. The molecule has 0 spiro atoms. The number of nitrogen functional groups attached to an aromatic ring is 1. The van der Waals surface area contributed by atoms with E-state index in [0.717, 1.165) is 29.8 Å². The molecule has 0 atom stereocenters. The van der Waals surface area contributed by atoms with Gasteiger partial charge in [0.1, 0.15) is 11.6 Å². The van der Waals surface area contributed by atoms with Crippen LogP contribution in [0.15, 0.2) is 88.9 Å². The van der Waals surface area contributed by atoms with Gasteiger partial charge in [-0.3, -0.25) is 9.71 Å². The van der Waals surface area contributed by atoms with E-state index in [-0.39, 0.29) is 17.2 Å². The highest BCUT2D eigenvalue weighted by atomic mass is 32.2. The first-order valence-electron chi connectivity index (χ1n) is 10.4. The molecular weight excluding hydrogens is 491 g/mol. The molecule has 182 valence electrons. The zero-order chi connectivity index (χ0) is 25.7. The average molecular weight is 510 g/mol. The van der Waals surface area contributed by atoms with E-state index < -0.39 is 38.1 Å². The summed E-state index contributed by atoms with van der Waals surface area (Å²) in [6.07, 6.45) is 4.34. The van der Waals surface area contributed by atoms with Crippen molar-refractivity contribution in [2.45, 2.75) is 4.90 Å². The van der Waals surface area contributed by atoms with Crippen LogP contribution in [0.1, 0.15) is 16.8 Å². The number of hydrogen-bond donors (Lipinski definition) is 2. The van der Waals surface area contributed by atoms with Crippen molar-refractivity contribution in [2.75, 3.05) is 10.5 Å². The number of hydrogen-bond acceptors (Lipinski definition) is 6. The maximum absolute atomic E-state index is 15.6. The maximum atomic E-state index is 15.6. The highest BCUT2D eigenvalue weighted by Crippen LogP contribution is 2.29. The molecule has 0 aliphatic heterocycles. The highest BCUT2D eigenvalue weighted by molar-refractivity contribution is 7.92. The van der Waals surface area contributed by atoms with Gasteiger partial charge in [0.15, 0.2) is 10.7 Å². The lowest BCUT2D eigenvalue weighted by Gasteiger charge is -2.13. The quantitative estimate of drug-likeness (QED) is 0.345. The summed E-state index contributed by atoms with van der Waals surface area (Å²) in [5.41, 5.74) is 6.12. The standard InChI is InChI=1S/C25H18F3N5O2S/c26-19-9-5-10-20(27)24(19)36(34,35)33-21-11-4-8-18(23(21)28)22(14-17-12-13-30-25(29)32-17)31-15-16-6-2-1-3-7-16/h1-15,33H,(H2,29,30,32)/b22-14+,31-15+. The topological polar surface area (TPSA) is 110 Å². The Balaban J connectivity index is 1.79. The fourth-order valence-corrected chi connectivity index (χ4v) is 4.42. The Hall–Kier alpha value is -4.51. The van der Waals surface area contributed by atoms with Crippen molar-refractivity contribution in [1.29, 1.82) is 0 Å². The van der Waals surface area contributed by atoms with Gasteiger partial charge in [-0.15, -0.1) is 0 Å². The highest BCUT2D eigenvalue weighted by Gasteiger charge is 2.25. The summed E-state index contributed by atoms with van der Waals surface area (Å²) >= 11 is 0. The number of sulfonamides is 1. The molecule has 1 aromatic heterocycles. The molecule has 4 aromatic rings. The van der Waals surface area contributed by atoms with Crippen LogP contribution in [-0.4, -0.2) is 24.6 Å². The van der Waals surface area contributed by atoms with E-state index >= 15 is 4.39 Å². The molecule has 7 nitrogen and oxygen atoms in total. The minimum absolute atomic E-state index is 0.0102. The van der Waals surface area contributed by atoms with Crippen molar-refractivity contribution in [1.82, 2.24) is 9.97 Å². The fourth-order valence-electron chi connectivity index (χ4n) is 3.22. The Morgan fingerprint density at radius 2 is 1.61 bits per heavy atom. The molecule has 0 saturated heterocycles. The zero-order valence-corrected chi connectivity index (χ0v) is 19.3. The van der Waals surface area contributed by atoms with Gasteiger partial charge >= 0.3 is 0 Å². The summed E-state index contributed by atoms with van der Waals surface area (Å²) in [4.78, 5) is 11.0. The first-order chi connectivity index (χ1) is 17.2. The number of benzene rings is 3. The van der Waals surface area contributed by atoms with Gasteiger partial charge in [0.25, 0.3) is 10.0 Å². The van der Waals surface area contributed by atoms with Crippen LogP contribution in [0, 0.1) is 17.5 Å². The summed E-state index contributed by atoms with van der Waals surface area (Å²) in [6.45, 7) is 0. The van der Waals surface area contributed by atoms with Crippen LogP contribution >= 0.6 is 0 Å². The van der Waals surface area contributed by atoms with Gasteiger partial charge in [-0.25, -0.2) is 31.6 Å². The summed E-state index contributed by atoms with van der Waals surface area (Å²) in [5, 5.41) is 0. The minimum Gasteiger partial charge on any atom is -0.368 e. The molecule has 0 fully saturated rings. The molecule has 0 bridgehead atoms. The van der Waals surface area contributed by atoms with Gasteiger partial charge < -0.3 is 5.73 Å². The zero-order valence-electron chi connectivity index (χ0n) is 18.4. The van der Waals surface area contributed by atoms with E-state index in [0.29, 0.717) is 5.69 Å². The number of halogens is 3. The Kier molecular flexibility index (Phi) is 7.11. The SMILES string of the molecule is Nc1nccc(/C=C(/N=C/c2ccccc2)c2cccc(NS(=O)(=O)c3c(F)cccc3F)c2F)n1. The monoisotopic (exact) mass is 509 g/mol. The lowest BCUT2D eigenvalue weighted by Crippen LogP contribution is -2.17. The lowest BCUT2D eigenvalue weighted by atomic mass is 10.1. The lowest BCUT2D eigenvalue weighted by molar-refractivity contribution is 0.521. The van der Waals surface area contributed by atoms with Crippen molar-refractivity contribution in [2.24, 2.45) is 4.99 Å². The van der Waals surface area contributed by atoms with Gasteiger partial charge in [0, 0.05) is 18.0 Å². The first-order valence-corrected chi connectivity index (χ1v) is 11.9. The molecule has 4 rings (SSSR count). The van der Waals surface area contributed by atoms with E-state index in [1.54, 1.807) is 24.3 Å². The molecule has 0 amide bonds. The second kappa shape index (κ2) is 10.4. The van der Waals surface area contributed by atoms with Crippen LogP contribution in [0.4, 0.5) is 24.8 Å². The molecule has 0 radical (unpaired) electrons. The third kappa shape index (κ3) is 5.58. The van der Waals surface area contributed by atoms with Crippen molar-refractivity contribution in [3.63, 3.8) is 0 Å². The van der Waals surface area contributed by atoms with Gasteiger partial charge in [-0.1, -0.05) is 42.5 Å². The number of nitrogens with two attached hydrogens (primary N) is 1. The second-order valence-electron chi connectivity index (χ2n) is 7.36. The molecular formula is C25H18F3N5O2S. The molecule has 0 aliphatic carbocycles. The van der Waals surface area contributed by atoms with E-state index in [4.69, 9.17) is 5.73 Å². The average Bonchev–Trinajstić information content (AvgIpc) is 2.83. The largest absolute Gasteiger partial charge is 0.368 e. The Bertz CT molecular complexity index is 1560. The van der Waals surface area contributed by atoms with Crippen molar-refractivity contribution in [3.8, 4) is 0 Å². The molecule has 11 heteroatoms. The predicted molar refractivity (Wildman–Crippen MR) is 132 cm³/mol. The minimum atomic E-state index is -4.79. The first kappa shape index (κ1) is 24.6. The molecule has 1 heterocycles. The summed E-state index contributed by atoms with van der Waals surface area (Å²) < 4.78 is 71.1. The third-order valence-electron chi connectivity index (χ3n) is 4.84. The fraction of sp³-hybridized carbons (Fsp3) is 0. The molecule has 3 aromatic carbocycles. The van der Waals surface area contributed by atoms with Crippen LogP contribution in [0.2, 0.25) is 0 Å². The van der Waals surface area contributed by atoms with Crippen LogP contribution in [0.5, 0.6) is 0 Å². The van der Waals surface area contributed by atoms with Gasteiger partial charge in [-0.2, -0.15) is 0 Å². The normalized spacial score (nSPS) is 12.1. The summed E-state index contributed by atoms with van der Waals surface area (Å²) in [7, 11) is -4.79. The molecule has 3 N–H and O–H groups in total. The van der Waals surface area contributed by atoms with Crippen LogP contribution in [0.25, 0.3) is 11.8 Å². The molecule has 0 saturated carbocycles. The van der Waals surface area contributed by atoms with Crippen LogP contribution in [0.3, 0.4) is 0 Å². The Morgan fingerprint density at radius 1 is 0.917 bits per heavy atom. The van der Waals surface area contributed by atoms with E-state index in [9.17, 15) is 17.2 Å². The number of aliphatic imine (C=N–C) groups is 1. The van der Waals surface area contributed by atoms with Gasteiger partial charge in [-0.05, 0) is 42.0 Å². The van der Waals surface area contributed by atoms with E-state index in [1.807, 2.05) is 10.8 Å². The summed E-state index contributed by atoms with van der Waals surface area (Å²) in [5.74, 6) is -3.65. The van der Waals surface area contributed by atoms with Gasteiger partial charge in [0.05, 0.1) is 17.1 Å². The van der Waals surface area contributed by atoms with E-state index in [2.05, 4.69) is 15.0 Å².